The maximum atomic E-state index is 11.0. The number of carbonyl (C=O) groups excluding carboxylic acids is 1. The summed E-state index contributed by atoms with van der Waals surface area (Å²) in [6.07, 6.45) is 5.21. The average molecular weight is 414 g/mol. The molecule has 0 saturated carbocycles. The predicted molar refractivity (Wildman–Crippen MR) is 129 cm³/mol. The fraction of sp³-hybridized carbons (Fsp3) is 0.250. The van der Waals surface area contributed by atoms with E-state index in [2.05, 4.69) is 98.1 Å². The highest BCUT2D eigenvalue weighted by Crippen LogP contribution is 2.34. The second kappa shape index (κ2) is 11.2. The molecule has 0 amide bonds. The third-order valence-corrected chi connectivity index (χ3v) is 5.30. The van der Waals surface area contributed by atoms with Crippen LogP contribution >= 0.6 is 0 Å². The van der Waals surface area contributed by atoms with Crippen LogP contribution in [-0.2, 0) is 16.0 Å². The molecule has 3 aromatic carbocycles. The monoisotopic (exact) mass is 413 g/mol. The second-order valence-corrected chi connectivity index (χ2v) is 7.86. The summed E-state index contributed by atoms with van der Waals surface area (Å²) in [5.74, 6) is -0.345. The zero-order valence-corrected chi connectivity index (χ0v) is 18.5. The van der Waals surface area contributed by atoms with Crippen molar-refractivity contribution < 1.29 is 9.53 Å². The van der Waals surface area contributed by atoms with E-state index in [1.807, 2.05) is 0 Å². The molecule has 0 fully saturated rings. The molecule has 3 aromatic rings. The highest BCUT2D eigenvalue weighted by molar-refractivity contribution is 5.81. The zero-order chi connectivity index (χ0) is 22.1. The summed E-state index contributed by atoms with van der Waals surface area (Å²) in [7, 11) is 0. The molecule has 3 rings (SSSR count). The summed E-state index contributed by atoms with van der Waals surface area (Å²) in [6.45, 7) is 8.09. The largest absolute Gasteiger partial charge is 0.463 e. The summed E-state index contributed by atoms with van der Waals surface area (Å²) in [6, 6.07) is 26.1. The van der Waals surface area contributed by atoms with Gasteiger partial charge in [-0.05, 0) is 81.5 Å². The smallest absolute Gasteiger partial charge is 0.330 e. The molecule has 0 radical (unpaired) electrons. The van der Waals surface area contributed by atoms with Crippen molar-refractivity contribution in [3.63, 3.8) is 0 Å². The molecule has 0 spiro atoms. The third-order valence-electron chi connectivity index (χ3n) is 5.30. The van der Waals surface area contributed by atoms with Crippen molar-refractivity contribution in [3.05, 3.63) is 102 Å². The average Bonchev–Trinajstić information content (AvgIpc) is 2.79. The Bertz CT molecular complexity index is 928. The number of hydrogen-bond acceptors (Lipinski definition) is 3. The van der Waals surface area contributed by atoms with Gasteiger partial charge in [0.05, 0.1) is 6.61 Å². The van der Waals surface area contributed by atoms with Gasteiger partial charge in [-0.15, -0.1) is 0 Å². The Balaban J connectivity index is 1.66. The Morgan fingerprint density at radius 3 is 1.74 bits per heavy atom. The first-order valence-corrected chi connectivity index (χ1v) is 10.9. The predicted octanol–water partition coefficient (Wildman–Crippen LogP) is 7.22. The minimum Gasteiger partial charge on any atom is -0.463 e. The van der Waals surface area contributed by atoms with Gasteiger partial charge >= 0.3 is 5.97 Å². The van der Waals surface area contributed by atoms with E-state index in [1.165, 1.54) is 22.8 Å². The number of rotatable bonds is 10. The number of ether oxygens (including phenoxy) is 1. The minimum atomic E-state index is -0.345. The van der Waals surface area contributed by atoms with Crippen LogP contribution in [0, 0.1) is 13.8 Å². The summed E-state index contributed by atoms with van der Waals surface area (Å²) in [5, 5.41) is 0. The molecule has 0 N–H and O–H groups in total. The van der Waals surface area contributed by atoms with Gasteiger partial charge in [-0.2, -0.15) is 0 Å². The topological polar surface area (TPSA) is 29.5 Å². The Morgan fingerprint density at radius 2 is 1.26 bits per heavy atom. The molecular weight excluding hydrogens is 382 g/mol. The lowest BCUT2D eigenvalue weighted by Gasteiger charge is -2.26. The van der Waals surface area contributed by atoms with Crippen LogP contribution in [0.1, 0.15) is 36.0 Å². The molecule has 0 unspecified atom stereocenters. The maximum Gasteiger partial charge on any atom is 0.330 e. The van der Waals surface area contributed by atoms with E-state index in [0.717, 1.165) is 42.7 Å². The van der Waals surface area contributed by atoms with Crippen molar-refractivity contribution >= 4 is 23.0 Å². The van der Waals surface area contributed by atoms with Crippen molar-refractivity contribution in [3.8, 4) is 0 Å². The van der Waals surface area contributed by atoms with Gasteiger partial charge in [-0.3, -0.25) is 0 Å². The van der Waals surface area contributed by atoms with Gasteiger partial charge in [0.1, 0.15) is 0 Å². The summed E-state index contributed by atoms with van der Waals surface area (Å²) in [5.41, 5.74) is 7.27. The molecule has 0 aliphatic heterocycles. The number of benzene rings is 3. The Hall–Kier alpha value is -3.33. The van der Waals surface area contributed by atoms with E-state index in [0.29, 0.717) is 6.61 Å². The SMILES string of the molecule is C=CC(=O)OCCCCCc1ccc(N(c2ccc(C)cc2)c2ccc(C)cc2)cc1. The van der Waals surface area contributed by atoms with Gasteiger partial charge in [-0.25, -0.2) is 4.79 Å². The van der Waals surface area contributed by atoms with Crippen molar-refractivity contribution in [1.29, 1.82) is 0 Å². The van der Waals surface area contributed by atoms with Crippen molar-refractivity contribution in [2.24, 2.45) is 0 Å². The lowest BCUT2D eigenvalue weighted by molar-refractivity contribution is -0.137. The van der Waals surface area contributed by atoms with Crippen LogP contribution in [-0.4, -0.2) is 12.6 Å². The minimum absolute atomic E-state index is 0.345. The number of anilines is 3. The van der Waals surface area contributed by atoms with Gasteiger partial charge in [0, 0.05) is 23.1 Å². The molecule has 0 bridgehead atoms. The van der Waals surface area contributed by atoms with Crippen LogP contribution in [0.25, 0.3) is 0 Å². The number of esters is 1. The van der Waals surface area contributed by atoms with E-state index in [4.69, 9.17) is 4.74 Å². The number of hydrogen-bond donors (Lipinski definition) is 0. The second-order valence-electron chi connectivity index (χ2n) is 7.86. The molecule has 0 aromatic heterocycles. The van der Waals surface area contributed by atoms with Crippen molar-refractivity contribution in [2.75, 3.05) is 11.5 Å². The fourth-order valence-corrected chi connectivity index (χ4v) is 3.49. The molecule has 3 nitrogen and oxygen atoms in total. The molecule has 0 heterocycles. The third kappa shape index (κ3) is 6.58. The van der Waals surface area contributed by atoms with Crippen LogP contribution in [0.5, 0.6) is 0 Å². The Labute approximate surface area is 186 Å². The molecule has 0 aliphatic rings. The Kier molecular flexibility index (Phi) is 8.05. The molecule has 31 heavy (non-hydrogen) atoms. The van der Waals surface area contributed by atoms with Crippen molar-refractivity contribution in [2.45, 2.75) is 39.5 Å². The summed E-state index contributed by atoms with van der Waals surface area (Å²) in [4.78, 5) is 13.3. The van der Waals surface area contributed by atoms with Gasteiger partial charge in [-0.1, -0.05) is 54.1 Å². The van der Waals surface area contributed by atoms with Crippen LogP contribution in [0.3, 0.4) is 0 Å². The zero-order valence-electron chi connectivity index (χ0n) is 18.5. The standard InChI is InChI=1S/C28H31NO2/c1-4-28(30)31-21-7-5-6-8-24-13-19-27(20-14-24)29(25-15-9-22(2)10-16-25)26-17-11-23(3)12-18-26/h4,9-20H,1,5-8,21H2,2-3H3. The van der Waals surface area contributed by atoms with E-state index in [1.54, 1.807) is 0 Å². The van der Waals surface area contributed by atoms with Gasteiger partial charge < -0.3 is 9.64 Å². The molecule has 0 aliphatic carbocycles. The molecular formula is C28H31NO2. The first-order chi connectivity index (χ1) is 15.1. The summed E-state index contributed by atoms with van der Waals surface area (Å²) >= 11 is 0. The molecule has 0 atom stereocenters. The van der Waals surface area contributed by atoms with Gasteiger partial charge in [0.2, 0.25) is 0 Å². The molecule has 3 heteroatoms. The van der Waals surface area contributed by atoms with E-state index < -0.39 is 0 Å². The Morgan fingerprint density at radius 1 is 0.774 bits per heavy atom. The maximum absolute atomic E-state index is 11.0. The molecule has 160 valence electrons. The van der Waals surface area contributed by atoms with Gasteiger partial charge in [0.15, 0.2) is 0 Å². The van der Waals surface area contributed by atoms with Crippen molar-refractivity contribution in [1.82, 2.24) is 0 Å². The fourth-order valence-electron chi connectivity index (χ4n) is 3.49. The first kappa shape index (κ1) is 22.4. The highest BCUT2D eigenvalue weighted by Gasteiger charge is 2.12. The van der Waals surface area contributed by atoms with E-state index in [9.17, 15) is 4.79 Å². The quantitative estimate of drug-likeness (QED) is 0.200. The highest BCUT2D eigenvalue weighted by atomic mass is 16.5. The van der Waals surface area contributed by atoms with Crippen LogP contribution < -0.4 is 4.90 Å². The number of carbonyl (C=O) groups is 1. The van der Waals surface area contributed by atoms with E-state index in [-0.39, 0.29) is 5.97 Å². The van der Waals surface area contributed by atoms with Crippen LogP contribution in [0.4, 0.5) is 17.1 Å². The molecule has 0 saturated heterocycles. The number of nitrogens with zero attached hydrogens (tertiary/aromatic N) is 1. The van der Waals surface area contributed by atoms with Gasteiger partial charge in [0.25, 0.3) is 0 Å². The normalized spacial score (nSPS) is 10.5. The number of aryl methyl sites for hydroxylation is 3. The first-order valence-electron chi connectivity index (χ1n) is 10.9. The lowest BCUT2D eigenvalue weighted by Crippen LogP contribution is -2.10. The lowest BCUT2D eigenvalue weighted by atomic mass is 10.1. The van der Waals surface area contributed by atoms with E-state index >= 15 is 0 Å². The summed E-state index contributed by atoms with van der Waals surface area (Å²) < 4.78 is 5.02. The van der Waals surface area contributed by atoms with Crippen LogP contribution in [0.2, 0.25) is 0 Å². The number of unbranched alkanes of at least 4 members (excludes halogenated alkanes) is 2. The van der Waals surface area contributed by atoms with Crippen LogP contribution in [0.15, 0.2) is 85.5 Å².